The third-order valence-corrected chi connectivity index (χ3v) is 6.34. The maximum atomic E-state index is 11.7. The second kappa shape index (κ2) is 25.1. The summed E-state index contributed by atoms with van der Waals surface area (Å²) >= 11 is 0. The molecule has 0 unspecified atom stereocenters. The van der Waals surface area contributed by atoms with Crippen LogP contribution in [-0.2, 0) is 25.4 Å². The average molecular weight is 507 g/mol. The molecule has 0 aliphatic carbocycles. The molecule has 5 heteroatoms. The first-order valence-corrected chi connectivity index (χ1v) is 14.8. The first kappa shape index (κ1) is 32.4. The highest BCUT2D eigenvalue weighted by atomic mass is 16.6. The number of carbonyl (C=O) groups is 1. The molecule has 5 nitrogen and oxygen atoms in total. The molecule has 36 heavy (non-hydrogen) atoms. The minimum absolute atomic E-state index is 0.119. The Labute approximate surface area is 221 Å². The molecule has 0 amide bonds. The molecule has 0 aliphatic heterocycles. The minimum Gasteiger partial charge on any atom is -0.491 e. The fourth-order valence-corrected chi connectivity index (χ4v) is 4.09. The van der Waals surface area contributed by atoms with Crippen molar-refractivity contribution in [1.29, 1.82) is 0 Å². The number of aryl methyl sites for hydroxylation is 1. The highest BCUT2D eigenvalue weighted by molar-refractivity contribution is 5.69. The van der Waals surface area contributed by atoms with Crippen LogP contribution in [-0.4, -0.2) is 45.6 Å². The lowest BCUT2D eigenvalue weighted by Crippen LogP contribution is -2.14. The van der Waals surface area contributed by atoms with Gasteiger partial charge in [-0.15, -0.1) is 0 Å². The van der Waals surface area contributed by atoms with E-state index in [0.29, 0.717) is 46.1 Å². The molecule has 0 atom stereocenters. The van der Waals surface area contributed by atoms with Crippen LogP contribution in [0.25, 0.3) is 0 Å². The average Bonchev–Trinajstić information content (AvgIpc) is 2.89. The van der Waals surface area contributed by atoms with E-state index in [9.17, 15) is 4.79 Å². The summed E-state index contributed by atoms with van der Waals surface area (Å²) in [5, 5.41) is 0. The fourth-order valence-electron chi connectivity index (χ4n) is 4.09. The number of esters is 1. The van der Waals surface area contributed by atoms with Crippen molar-refractivity contribution >= 4 is 5.97 Å². The Balaban J connectivity index is 1.86. The number of hydrogen-bond donors (Lipinski definition) is 0. The van der Waals surface area contributed by atoms with Gasteiger partial charge in [-0.05, 0) is 37.0 Å². The molecule has 0 fully saturated rings. The summed E-state index contributed by atoms with van der Waals surface area (Å²) in [7, 11) is 0. The predicted octanol–water partition coefficient (Wildman–Crippen LogP) is 8.08. The molecule has 0 saturated carbocycles. The Hall–Kier alpha value is -1.59. The van der Waals surface area contributed by atoms with Gasteiger partial charge in [0.15, 0.2) is 0 Å². The monoisotopic (exact) mass is 506 g/mol. The highest BCUT2D eigenvalue weighted by Crippen LogP contribution is 2.15. The van der Waals surface area contributed by atoms with E-state index >= 15 is 0 Å². The molecule has 0 aromatic heterocycles. The Bertz CT molecular complexity index is 601. The van der Waals surface area contributed by atoms with Gasteiger partial charge in [0.05, 0.1) is 26.4 Å². The Morgan fingerprint density at radius 2 is 1.08 bits per heavy atom. The molecule has 0 heterocycles. The largest absolute Gasteiger partial charge is 0.491 e. The second-order valence-corrected chi connectivity index (χ2v) is 9.68. The molecule has 0 radical (unpaired) electrons. The molecule has 0 bridgehead atoms. The molecule has 208 valence electrons. The number of ether oxygens (including phenoxy) is 4. The SMILES string of the molecule is CCCCCCCCCC(=O)OCCOCCOCCOc1ccc(CCCCCCCCC)cc1. The summed E-state index contributed by atoms with van der Waals surface area (Å²) in [6.07, 6.45) is 19.5. The van der Waals surface area contributed by atoms with Crippen molar-refractivity contribution in [2.24, 2.45) is 0 Å². The summed E-state index contributed by atoms with van der Waals surface area (Å²) in [5.41, 5.74) is 1.38. The van der Waals surface area contributed by atoms with Crippen LogP contribution in [0.3, 0.4) is 0 Å². The van der Waals surface area contributed by atoms with E-state index in [1.54, 1.807) is 0 Å². The van der Waals surface area contributed by atoms with Crippen molar-refractivity contribution in [2.45, 2.75) is 117 Å². The maximum absolute atomic E-state index is 11.7. The number of carbonyl (C=O) groups excluding carboxylic acids is 1. The van der Waals surface area contributed by atoms with Crippen LogP contribution in [0.1, 0.15) is 116 Å². The van der Waals surface area contributed by atoms with Crippen LogP contribution < -0.4 is 4.74 Å². The van der Waals surface area contributed by atoms with Gasteiger partial charge in [0, 0.05) is 6.42 Å². The molecule has 1 rings (SSSR count). The Morgan fingerprint density at radius 1 is 0.583 bits per heavy atom. The van der Waals surface area contributed by atoms with E-state index in [-0.39, 0.29) is 5.97 Å². The summed E-state index contributed by atoms with van der Waals surface area (Å²) < 4.78 is 22.0. The van der Waals surface area contributed by atoms with E-state index in [4.69, 9.17) is 18.9 Å². The third kappa shape index (κ3) is 20.6. The number of hydrogen-bond acceptors (Lipinski definition) is 5. The molecule has 1 aromatic rings. The standard InChI is InChI=1S/C31H54O5/c1-3-5-7-9-11-13-15-17-29-19-21-30(22-20-29)35-27-25-33-23-24-34-26-28-36-31(32)18-16-14-12-10-8-6-4-2/h19-22H,3-18,23-28H2,1-2H3. The molecular formula is C31H54O5. The van der Waals surface area contributed by atoms with Gasteiger partial charge < -0.3 is 18.9 Å². The summed E-state index contributed by atoms with van der Waals surface area (Å²) in [6, 6.07) is 8.44. The van der Waals surface area contributed by atoms with Gasteiger partial charge in [-0.3, -0.25) is 4.79 Å². The van der Waals surface area contributed by atoms with E-state index in [0.717, 1.165) is 25.0 Å². The lowest BCUT2D eigenvalue weighted by Gasteiger charge is -2.09. The zero-order valence-electron chi connectivity index (χ0n) is 23.4. The second-order valence-electron chi connectivity index (χ2n) is 9.68. The highest BCUT2D eigenvalue weighted by Gasteiger charge is 2.03. The first-order valence-electron chi connectivity index (χ1n) is 14.8. The number of unbranched alkanes of at least 4 members (excludes halogenated alkanes) is 12. The molecular weight excluding hydrogens is 452 g/mol. The van der Waals surface area contributed by atoms with Crippen LogP contribution in [0, 0.1) is 0 Å². The van der Waals surface area contributed by atoms with E-state index in [1.165, 1.54) is 82.6 Å². The van der Waals surface area contributed by atoms with E-state index in [1.807, 2.05) is 0 Å². The van der Waals surface area contributed by atoms with Crippen LogP contribution in [0.15, 0.2) is 24.3 Å². The van der Waals surface area contributed by atoms with E-state index < -0.39 is 0 Å². The van der Waals surface area contributed by atoms with Crippen molar-refractivity contribution in [1.82, 2.24) is 0 Å². The summed E-state index contributed by atoms with van der Waals surface area (Å²) in [5.74, 6) is 0.767. The molecule has 0 saturated heterocycles. The van der Waals surface area contributed by atoms with Gasteiger partial charge in [-0.25, -0.2) is 0 Å². The molecule has 0 aliphatic rings. The van der Waals surface area contributed by atoms with Crippen LogP contribution >= 0.6 is 0 Å². The van der Waals surface area contributed by atoms with Crippen molar-refractivity contribution in [3.63, 3.8) is 0 Å². The van der Waals surface area contributed by atoms with Crippen molar-refractivity contribution in [2.75, 3.05) is 39.6 Å². The van der Waals surface area contributed by atoms with Gasteiger partial charge in [0.1, 0.15) is 19.0 Å². The fraction of sp³-hybridized carbons (Fsp3) is 0.774. The maximum Gasteiger partial charge on any atom is 0.305 e. The lowest BCUT2D eigenvalue weighted by atomic mass is 10.0. The first-order chi connectivity index (χ1) is 17.8. The van der Waals surface area contributed by atoms with Crippen LogP contribution in [0.5, 0.6) is 5.75 Å². The van der Waals surface area contributed by atoms with Gasteiger partial charge >= 0.3 is 5.97 Å². The normalized spacial score (nSPS) is 11.1. The summed E-state index contributed by atoms with van der Waals surface area (Å²) in [6.45, 7) is 7.25. The van der Waals surface area contributed by atoms with Crippen molar-refractivity contribution in [3.05, 3.63) is 29.8 Å². The Kier molecular flexibility index (Phi) is 22.6. The minimum atomic E-state index is -0.119. The van der Waals surface area contributed by atoms with E-state index in [2.05, 4.69) is 38.1 Å². The topological polar surface area (TPSA) is 54.0 Å². The lowest BCUT2D eigenvalue weighted by molar-refractivity contribution is -0.145. The Morgan fingerprint density at radius 3 is 1.69 bits per heavy atom. The van der Waals surface area contributed by atoms with Crippen molar-refractivity contribution in [3.8, 4) is 5.75 Å². The van der Waals surface area contributed by atoms with Crippen LogP contribution in [0.2, 0.25) is 0 Å². The van der Waals surface area contributed by atoms with Gasteiger partial charge in [0.2, 0.25) is 0 Å². The van der Waals surface area contributed by atoms with Crippen LogP contribution in [0.4, 0.5) is 0 Å². The molecule has 0 N–H and O–H groups in total. The van der Waals surface area contributed by atoms with Gasteiger partial charge in [-0.1, -0.05) is 103 Å². The van der Waals surface area contributed by atoms with Gasteiger partial charge in [-0.2, -0.15) is 0 Å². The number of rotatable bonds is 26. The third-order valence-electron chi connectivity index (χ3n) is 6.34. The molecule has 0 spiro atoms. The predicted molar refractivity (Wildman–Crippen MR) is 149 cm³/mol. The zero-order chi connectivity index (χ0) is 25.9. The van der Waals surface area contributed by atoms with Gasteiger partial charge in [0.25, 0.3) is 0 Å². The summed E-state index contributed by atoms with van der Waals surface area (Å²) in [4.78, 5) is 11.7. The smallest absolute Gasteiger partial charge is 0.305 e. The quantitative estimate of drug-likeness (QED) is 0.0939. The number of benzene rings is 1. The molecule has 1 aromatic carbocycles. The van der Waals surface area contributed by atoms with Crippen molar-refractivity contribution < 1.29 is 23.7 Å². The zero-order valence-corrected chi connectivity index (χ0v) is 23.4.